The molecule has 0 radical (unpaired) electrons. The molecule has 0 saturated carbocycles. The topological polar surface area (TPSA) is 88.3 Å². The Morgan fingerprint density at radius 1 is 1.09 bits per heavy atom. The Morgan fingerprint density at radius 2 is 1.88 bits per heavy atom. The van der Waals surface area contributed by atoms with Gasteiger partial charge in [-0.15, -0.1) is 0 Å². The van der Waals surface area contributed by atoms with Crippen molar-refractivity contribution in [3.05, 3.63) is 82.0 Å². The van der Waals surface area contributed by atoms with Crippen LogP contribution in [0.3, 0.4) is 0 Å². The number of aromatic amines is 1. The first-order chi connectivity index (χ1) is 16.5. The summed E-state index contributed by atoms with van der Waals surface area (Å²) in [7, 11) is 0. The molecule has 1 atom stereocenters. The van der Waals surface area contributed by atoms with Gasteiger partial charge in [-0.3, -0.25) is 24.4 Å². The maximum Gasteiger partial charge on any atom is 0.327 e. The van der Waals surface area contributed by atoms with E-state index >= 15 is 0 Å². The molecule has 0 spiro atoms. The maximum absolute atomic E-state index is 13.7. The molecule has 2 aromatic heterocycles. The Hall–Kier alpha value is -3.78. The van der Waals surface area contributed by atoms with E-state index in [1.807, 2.05) is 43.5 Å². The molecule has 1 saturated heterocycles. The van der Waals surface area contributed by atoms with Gasteiger partial charge in [-0.05, 0) is 44.4 Å². The van der Waals surface area contributed by atoms with Gasteiger partial charge in [0.2, 0.25) is 0 Å². The lowest BCUT2D eigenvalue weighted by Crippen LogP contribution is -2.42. The predicted molar refractivity (Wildman–Crippen MR) is 126 cm³/mol. The van der Waals surface area contributed by atoms with E-state index < -0.39 is 11.8 Å². The van der Waals surface area contributed by atoms with Gasteiger partial charge in [-0.1, -0.05) is 25.1 Å². The monoisotopic (exact) mass is 459 g/mol. The van der Waals surface area contributed by atoms with Gasteiger partial charge in [0.1, 0.15) is 5.57 Å². The van der Waals surface area contributed by atoms with Crippen LogP contribution >= 0.6 is 0 Å². The second-order valence-corrected chi connectivity index (χ2v) is 8.64. The zero-order valence-electron chi connectivity index (χ0n) is 19.3. The van der Waals surface area contributed by atoms with E-state index in [0.717, 1.165) is 24.8 Å². The fourth-order valence-electron chi connectivity index (χ4n) is 4.66. The summed E-state index contributed by atoms with van der Waals surface area (Å²) >= 11 is 0. The van der Waals surface area contributed by atoms with Crippen LogP contribution in [0.1, 0.15) is 36.6 Å². The molecule has 2 amide bonds. The molecule has 1 N–H and O–H groups in total. The van der Waals surface area contributed by atoms with E-state index in [2.05, 4.69) is 5.10 Å². The average Bonchev–Trinajstić information content (AvgIpc) is 3.54. The standard InChI is InChI=1S/C26H26N4O4/c1-3-18-9-7-13-28(15-18)23-22(24(31)29(26(23)33)16-20-12-8-14-34-20)21-17(2)27-30(25(21)32)19-10-5-4-6-11-19/h4-7,9-11,13,15,20H,3,8,12,14,16H2,1-2H3/p+1/t20-/m1/s1. The fraction of sp³-hybridized carbons (Fsp3) is 0.308. The third kappa shape index (κ3) is 3.70. The normalized spacial score (nSPS) is 18.4. The summed E-state index contributed by atoms with van der Waals surface area (Å²) < 4.78 is 8.77. The molecule has 8 nitrogen and oxygen atoms in total. The number of rotatable bonds is 6. The van der Waals surface area contributed by atoms with Crippen LogP contribution in [0, 0.1) is 6.92 Å². The summed E-state index contributed by atoms with van der Waals surface area (Å²) in [6.07, 6.45) is 5.87. The predicted octanol–water partition coefficient (Wildman–Crippen LogP) is 2.24. The van der Waals surface area contributed by atoms with Crippen molar-refractivity contribution in [3.63, 3.8) is 0 Å². The van der Waals surface area contributed by atoms with E-state index in [9.17, 15) is 14.4 Å². The number of benzene rings is 1. The number of amides is 2. The van der Waals surface area contributed by atoms with Gasteiger partial charge < -0.3 is 4.74 Å². The summed E-state index contributed by atoms with van der Waals surface area (Å²) in [4.78, 5) is 42.1. The molecule has 3 aromatic rings. The quantitative estimate of drug-likeness (QED) is 0.452. The second kappa shape index (κ2) is 8.87. The molecule has 2 aliphatic heterocycles. The second-order valence-electron chi connectivity index (χ2n) is 8.64. The first kappa shape index (κ1) is 22.0. The van der Waals surface area contributed by atoms with Gasteiger partial charge in [0.15, 0.2) is 12.4 Å². The lowest BCUT2D eigenvalue weighted by atomic mass is 10.1. The van der Waals surface area contributed by atoms with Crippen LogP contribution in [0.2, 0.25) is 0 Å². The zero-order chi connectivity index (χ0) is 23.8. The number of hydrogen-bond donors (Lipinski definition) is 1. The molecule has 174 valence electrons. The van der Waals surface area contributed by atoms with Gasteiger partial charge in [0.25, 0.3) is 17.2 Å². The van der Waals surface area contributed by atoms with Crippen LogP contribution in [-0.2, 0) is 20.7 Å². The molecule has 0 unspecified atom stereocenters. The largest absolute Gasteiger partial charge is 0.376 e. The van der Waals surface area contributed by atoms with Gasteiger partial charge >= 0.3 is 5.91 Å². The molecule has 5 rings (SSSR count). The van der Waals surface area contributed by atoms with E-state index in [4.69, 9.17) is 4.74 Å². The molecule has 0 aliphatic carbocycles. The Morgan fingerprint density at radius 3 is 2.59 bits per heavy atom. The highest BCUT2D eigenvalue weighted by Crippen LogP contribution is 2.31. The molecule has 1 fully saturated rings. The molecule has 4 heterocycles. The van der Waals surface area contributed by atoms with Crippen LogP contribution in [0.25, 0.3) is 17.0 Å². The van der Waals surface area contributed by atoms with Crippen molar-refractivity contribution in [3.8, 4) is 5.69 Å². The Kier molecular flexibility index (Phi) is 5.75. The zero-order valence-corrected chi connectivity index (χ0v) is 19.3. The minimum absolute atomic E-state index is 0.120. The van der Waals surface area contributed by atoms with Gasteiger partial charge in [0.05, 0.1) is 23.9 Å². The van der Waals surface area contributed by atoms with Gasteiger partial charge in [0, 0.05) is 23.9 Å². The van der Waals surface area contributed by atoms with Gasteiger partial charge in [-0.2, -0.15) is 4.57 Å². The lowest BCUT2D eigenvalue weighted by Gasteiger charge is -2.18. The summed E-state index contributed by atoms with van der Waals surface area (Å²) in [6, 6.07) is 13.0. The average molecular weight is 460 g/mol. The molecule has 0 bridgehead atoms. The van der Waals surface area contributed by atoms with Crippen LogP contribution in [0.5, 0.6) is 0 Å². The first-order valence-electron chi connectivity index (χ1n) is 11.6. The van der Waals surface area contributed by atoms with Crippen LogP contribution in [0.4, 0.5) is 0 Å². The summed E-state index contributed by atoms with van der Waals surface area (Å²) in [6.45, 7) is 4.57. The Balaban J connectivity index is 1.68. The number of H-pyrrole nitrogens is 1. The number of pyridine rings is 1. The van der Waals surface area contributed by atoms with E-state index in [1.165, 1.54) is 9.58 Å². The van der Waals surface area contributed by atoms with Crippen molar-refractivity contribution >= 4 is 23.1 Å². The van der Waals surface area contributed by atoms with Crippen molar-refractivity contribution in [2.75, 3.05) is 13.2 Å². The number of carbonyl (C=O) groups excluding carboxylic acids is 2. The van der Waals surface area contributed by atoms with Crippen molar-refractivity contribution in [1.82, 2.24) is 14.7 Å². The van der Waals surface area contributed by atoms with Crippen LogP contribution < -0.4 is 10.1 Å². The number of nitrogens with one attached hydrogen (secondary N) is 1. The number of carbonyl (C=O) groups is 2. The summed E-state index contributed by atoms with van der Waals surface area (Å²) in [5, 5.41) is 3.08. The van der Waals surface area contributed by atoms with Crippen LogP contribution in [-0.4, -0.2) is 45.8 Å². The molecular formula is C26H27N4O4+. The summed E-state index contributed by atoms with van der Waals surface area (Å²) in [5.74, 6) is -0.885. The van der Waals surface area contributed by atoms with Crippen molar-refractivity contribution < 1.29 is 18.9 Å². The highest BCUT2D eigenvalue weighted by Gasteiger charge is 2.48. The molecule has 1 aromatic carbocycles. The third-order valence-corrected chi connectivity index (χ3v) is 6.42. The number of aryl methyl sites for hydroxylation is 2. The van der Waals surface area contributed by atoms with Gasteiger partial charge in [-0.25, -0.2) is 4.68 Å². The first-order valence-corrected chi connectivity index (χ1v) is 11.6. The fourth-order valence-corrected chi connectivity index (χ4v) is 4.66. The van der Waals surface area contributed by atoms with Crippen molar-refractivity contribution in [2.45, 2.75) is 39.2 Å². The number of hydrogen-bond acceptors (Lipinski definition) is 4. The smallest absolute Gasteiger partial charge is 0.327 e. The van der Waals surface area contributed by atoms with Crippen molar-refractivity contribution in [1.29, 1.82) is 0 Å². The van der Waals surface area contributed by atoms with Crippen LogP contribution in [0.15, 0.2) is 59.7 Å². The van der Waals surface area contributed by atoms with E-state index in [0.29, 0.717) is 18.0 Å². The minimum Gasteiger partial charge on any atom is -0.376 e. The summed E-state index contributed by atoms with van der Waals surface area (Å²) in [5.41, 5.74) is 2.34. The number of nitrogens with zero attached hydrogens (tertiary/aromatic N) is 3. The molecule has 2 aliphatic rings. The highest BCUT2D eigenvalue weighted by molar-refractivity contribution is 6.44. The SMILES string of the molecule is CCc1ccc[n+](C2=C(c3c(C)[nH]n(-c4ccccc4)c3=O)C(=O)N(C[C@H]3CCCO3)C2=O)c1. The molecular weight excluding hydrogens is 432 g/mol. The van der Waals surface area contributed by atoms with E-state index in [1.54, 1.807) is 29.8 Å². The highest BCUT2D eigenvalue weighted by atomic mass is 16.5. The Labute approximate surface area is 197 Å². The number of ether oxygens (including phenoxy) is 1. The lowest BCUT2D eigenvalue weighted by molar-refractivity contribution is -0.577. The molecule has 34 heavy (non-hydrogen) atoms. The number of imide groups is 1. The maximum atomic E-state index is 13.7. The number of para-hydroxylation sites is 1. The number of aromatic nitrogens is 3. The third-order valence-electron chi connectivity index (χ3n) is 6.42. The van der Waals surface area contributed by atoms with E-state index in [-0.39, 0.29) is 35.0 Å². The van der Waals surface area contributed by atoms with Crippen molar-refractivity contribution in [2.24, 2.45) is 0 Å². The Bertz CT molecular complexity index is 1350. The molecule has 8 heteroatoms. The minimum atomic E-state index is -0.468.